The molecule has 0 spiro atoms. The fraction of sp³-hybridized carbons (Fsp3) is 1.00. The summed E-state index contributed by atoms with van der Waals surface area (Å²) in [6.07, 6.45) is 1.93. The van der Waals surface area contributed by atoms with Gasteiger partial charge in [0.25, 0.3) is 0 Å². The fourth-order valence-electron chi connectivity index (χ4n) is 1.50. The molecule has 1 saturated heterocycles. The first-order valence-corrected chi connectivity index (χ1v) is 4.11. The smallest absolute Gasteiger partial charge is 0.0705 e. The Morgan fingerprint density at radius 3 is 2.70 bits per heavy atom. The van der Waals surface area contributed by atoms with Crippen molar-refractivity contribution in [3.8, 4) is 0 Å². The number of hydrogen-bond donors (Lipinski definition) is 2. The fourth-order valence-corrected chi connectivity index (χ4v) is 1.50. The van der Waals surface area contributed by atoms with E-state index in [9.17, 15) is 5.11 Å². The first kappa shape index (κ1) is 8.02. The SMILES string of the molecule is CC(C)C[C@H]1NCCC1O. The number of hydrogen-bond acceptors (Lipinski definition) is 2. The Morgan fingerprint density at radius 2 is 2.30 bits per heavy atom. The van der Waals surface area contributed by atoms with Crippen LogP contribution in [0.2, 0.25) is 0 Å². The molecular weight excluding hydrogens is 126 g/mol. The average Bonchev–Trinajstić information content (AvgIpc) is 2.15. The van der Waals surface area contributed by atoms with Gasteiger partial charge in [0.1, 0.15) is 0 Å². The molecule has 0 aliphatic carbocycles. The van der Waals surface area contributed by atoms with Crippen LogP contribution in [0.5, 0.6) is 0 Å². The van der Waals surface area contributed by atoms with Gasteiger partial charge >= 0.3 is 0 Å². The first-order valence-electron chi connectivity index (χ1n) is 4.11. The van der Waals surface area contributed by atoms with Crippen LogP contribution in [0.25, 0.3) is 0 Å². The summed E-state index contributed by atoms with van der Waals surface area (Å²) in [5, 5.41) is 12.7. The number of rotatable bonds is 2. The Kier molecular flexibility index (Phi) is 2.69. The van der Waals surface area contributed by atoms with Gasteiger partial charge in [-0.3, -0.25) is 0 Å². The summed E-state index contributed by atoms with van der Waals surface area (Å²) in [7, 11) is 0. The summed E-state index contributed by atoms with van der Waals surface area (Å²) in [4.78, 5) is 0. The van der Waals surface area contributed by atoms with Gasteiger partial charge in [0, 0.05) is 6.04 Å². The van der Waals surface area contributed by atoms with Crippen molar-refractivity contribution in [2.75, 3.05) is 6.54 Å². The van der Waals surface area contributed by atoms with Crippen LogP contribution in [0.1, 0.15) is 26.7 Å². The van der Waals surface area contributed by atoms with E-state index in [1.165, 1.54) is 0 Å². The highest BCUT2D eigenvalue weighted by Crippen LogP contribution is 2.14. The van der Waals surface area contributed by atoms with Crippen molar-refractivity contribution in [3.05, 3.63) is 0 Å². The Bertz CT molecular complexity index is 103. The van der Waals surface area contributed by atoms with Crippen molar-refractivity contribution in [1.82, 2.24) is 5.32 Å². The highest BCUT2D eigenvalue weighted by Gasteiger charge is 2.24. The van der Waals surface area contributed by atoms with Crippen LogP contribution in [0.15, 0.2) is 0 Å². The van der Waals surface area contributed by atoms with E-state index < -0.39 is 0 Å². The van der Waals surface area contributed by atoms with Crippen LogP contribution in [0.4, 0.5) is 0 Å². The number of aliphatic hydroxyl groups is 1. The lowest BCUT2D eigenvalue weighted by Crippen LogP contribution is -2.31. The lowest BCUT2D eigenvalue weighted by Gasteiger charge is -2.16. The van der Waals surface area contributed by atoms with Crippen molar-refractivity contribution in [2.24, 2.45) is 5.92 Å². The molecule has 1 heterocycles. The summed E-state index contributed by atoms with van der Waals surface area (Å²) in [5.41, 5.74) is 0. The van der Waals surface area contributed by atoms with Crippen LogP contribution in [-0.2, 0) is 0 Å². The van der Waals surface area contributed by atoms with E-state index in [-0.39, 0.29) is 6.10 Å². The molecule has 2 atom stereocenters. The van der Waals surface area contributed by atoms with Crippen molar-refractivity contribution in [3.63, 3.8) is 0 Å². The lowest BCUT2D eigenvalue weighted by molar-refractivity contribution is 0.149. The van der Waals surface area contributed by atoms with Crippen LogP contribution in [-0.4, -0.2) is 23.8 Å². The van der Waals surface area contributed by atoms with E-state index >= 15 is 0 Å². The molecule has 1 aliphatic heterocycles. The molecule has 0 bridgehead atoms. The summed E-state index contributed by atoms with van der Waals surface area (Å²) < 4.78 is 0. The minimum absolute atomic E-state index is 0.0950. The van der Waals surface area contributed by atoms with Crippen molar-refractivity contribution in [2.45, 2.75) is 38.8 Å². The zero-order valence-electron chi connectivity index (χ0n) is 6.80. The van der Waals surface area contributed by atoms with Crippen LogP contribution in [0.3, 0.4) is 0 Å². The third-order valence-corrected chi connectivity index (χ3v) is 2.04. The average molecular weight is 143 g/mol. The summed E-state index contributed by atoms with van der Waals surface area (Å²) in [6, 6.07) is 0.361. The number of aliphatic hydroxyl groups excluding tert-OH is 1. The normalized spacial score (nSPS) is 33.6. The van der Waals surface area contributed by atoms with Crippen LogP contribution >= 0.6 is 0 Å². The van der Waals surface area contributed by atoms with Gasteiger partial charge in [-0.25, -0.2) is 0 Å². The van der Waals surface area contributed by atoms with E-state index in [1.54, 1.807) is 0 Å². The van der Waals surface area contributed by atoms with E-state index in [0.717, 1.165) is 19.4 Å². The monoisotopic (exact) mass is 143 g/mol. The van der Waals surface area contributed by atoms with E-state index in [2.05, 4.69) is 19.2 Å². The Morgan fingerprint density at radius 1 is 1.60 bits per heavy atom. The Hall–Kier alpha value is -0.0800. The van der Waals surface area contributed by atoms with Crippen molar-refractivity contribution < 1.29 is 5.11 Å². The Labute approximate surface area is 62.6 Å². The third-order valence-electron chi connectivity index (χ3n) is 2.04. The second kappa shape index (κ2) is 3.35. The van der Waals surface area contributed by atoms with Gasteiger partial charge in [-0.15, -0.1) is 0 Å². The molecular formula is C8H17NO. The molecule has 2 heteroatoms. The summed E-state index contributed by atoms with van der Waals surface area (Å²) in [5.74, 6) is 0.685. The predicted molar refractivity (Wildman–Crippen MR) is 41.9 cm³/mol. The maximum atomic E-state index is 9.38. The topological polar surface area (TPSA) is 32.3 Å². The Balaban J connectivity index is 2.26. The zero-order chi connectivity index (χ0) is 7.56. The second-order valence-electron chi connectivity index (χ2n) is 3.55. The quantitative estimate of drug-likeness (QED) is 0.598. The molecule has 0 saturated carbocycles. The molecule has 1 aliphatic rings. The number of nitrogens with one attached hydrogen (secondary N) is 1. The van der Waals surface area contributed by atoms with Gasteiger partial charge < -0.3 is 10.4 Å². The van der Waals surface area contributed by atoms with Gasteiger partial charge in [0.15, 0.2) is 0 Å². The van der Waals surface area contributed by atoms with Gasteiger partial charge in [-0.05, 0) is 25.3 Å². The second-order valence-corrected chi connectivity index (χ2v) is 3.55. The molecule has 0 aromatic rings. The highest BCUT2D eigenvalue weighted by atomic mass is 16.3. The van der Waals surface area contributed by atoms with E-state index in [0.29, 0.717) is 12.0 Å². The van der Waals surface area contributed by atoms with Gasteiger partial charge in [0.2, 0.25) is 0 Å². The molecule has 0 amide bonds. The minimum atomic E-state index is -0.0950. The van der Waals surface area contributed by atoms with Crippen molar-refractivity contribution >= 4 is 0 Å². The van der Waals surface area contributed by atoms with Crippen LogP contribution < -0.4 is 5.32 Å². The lowest BCUT2D eigenvalue weighted by atomic mass is 10.0. The summed E-state index contributed by atoms with van der Waals surface area (Å²) >= 11 is 0. The molecule has 1 rings (SSSR count). The molecule has 0 aromatic carbocycles. The van der Waals surface area contributed by atoms with Crippen molar-refractivity contribution in [1.29, 1.82) is 0 Å². The third kappa shape index (κ3) is 1.96. The highest BCUT2D eigenvalue weighted by molar-refractivity contribution is 4.83. The van der Waals surface area contributed by atoms with Gasteiger partial charge in [-0.1, -0.05) is 13.8 Å². The maximum absolute atomic E-state index is 9.38. The molecule has 2 N–H and O–H groups in total. The minimum Gasteiger partial charge on any atom is -0.391 e. The molecule has 2 nitrogen and oxygen atoms in total. The molecule has 0 radical (unpaired) electrons. The molecule has 60 valence electrons. The molecule has 10 heavy (non-hydrogen) atoms. The largest absolute Gasteiger partial charge is 0.391 e. The van der Waals surface area contributed by atoms with E-state index in [4.69, 9.17) is 0 Å². The van der Waals surface area contributed by atoms with Gasteiger partial charge in [-0.2, -0.15) is 0 Å². The van der Waals surface area contributed by atoms with Gasteiger partial charge in [0.05, 0.1) is 6.10 Å². The zero-order valence-corrected chi connectivity index (χ0v) is 6.80. The summed E-state index contributed by atoms with van der Waals surface area (Å²) in [6.45, 7) is 5.36. The standard InChI is InChI=1S/C8H17NO/c1-6(2)5-7-8(10)3-4-9-7/h6-10H,3-5H2,1-2H3/t7-,8?/m1/s1. The van der Waals surface area contributed by atoms with E-state index in [1.807, 2.05) is 0 Å². The molecule has 1 unspecified atom stereocenters. The maximum Gasteiger partial charge on any atom is 0.0705 e. The first-order chi connectivity index (χ1) is 4.70. The predicted octanol–water partition coefficient (Wildman–Crippen LogP) is 0.755. The molecule has 1 fully saturated rings. The van der Waals surface area contributed by atoms with Crippen LogP contribution in [0, 0.1) is 5.92 Å². The molecule has 0 aromatic heterocycles.